The van der Waals surface area contributed by atoms with Crippen LogP contribution in [0.5, 0.6) is 0 Å². The maximum absolute atomic E-state index is 13.2. The van der Waals surface area contributed by atoms with Gasteiger partial charge in [0.1, 0.15) is 17.2 Å². The highest BCUT2D eigenvalue weighted by Crippen LogP contribution is 2.27. The first-order valence-electron chi connectivity index (χ1n) is 7.16. The van der Waals surface area contributed by atoms with Crippen LogP contribution in [0.15, 0.2) is 28.7 Å². The summed E-state index contributed by atoms with van der Waals surface area (Å²) in [4.78, 5) is 0. The highest BCUT2D eigenvalue weighted by Gasteiger charge is 2.15. The third kappa shape index (κ3) is 3.81. The Kier molecular flexibility index (Phi) is 5.56. The molecule has 0 radical (unpaired) electrons. The first-order chi connectivity index (χ1) is 9.74. The molecular weight excluding hydrogens is 257 g/mol. The van der Waals surface area contributed by atoms with Crippen LogP contribution in [0.4, 0.5) is 4.39 Å². The van der Waals surface area contributed by atoms with Crippen LogP contribution in [0.3, 0.4) is 0 Å². The van der Waals surface area contributed by atoms with Gasteiger partial charge in [-0.3, -0.25) is 0 Å². The summed E-state index contributed by atoms with van der Waals surface area (Å²) in [6.07, 6.45) is 2.97. The summed E-state index contributed by atoms with van der Waals surface area (Å²) in [5.74, 6) is 0.637. The van der Waals surface area contributed by atoms with Crippen LogP contribution in [-0.2, 0) is 4.74 Å². The van der Waals surface area contributed by atoms with Crippen LogP contribution in [0.25, 0.3) is 11.0 Å². The van der Waals surface area contributed by atoms with Gasteiger partial charge in [-0.05, 0) is 50.1 Å². The minimum Gasteiger partial charge on any atom is -0.459 e. The number of hydrogen-bond donors (Lipinski definition) is 1. The number of benzene rings is 1. The van der Waals surface area contributed by atoms with E-state index in [9.17, 15) is 4.39 Å². The van der Waals surface area contributed by atoms with E-state index in [1.807, 2.05) is 6.07 Å². The zero-order valence-electron chi connectivity index (χ0n) is 12.1. The van der Waals surface area contributed by atoms with Crippen LogP contribution in [0.1, 0.15) is 38.0 Å². The van der Waals surface area contributed by atoms with Crippen LogP contribution in [-0.4, -0.2) is 20.3 Å². The molecule has 3 nitrogen and oxygen atoms in total. The van der Waals surface area contributed by atoms with Gasteiger partial charge in [-0.1, -0.05) is 6.92 Å². The summed E-state index contributed by atoms with van der Waals surface area (Å²) in [5.41, 5.74) is 0.733. The van der Waals surface area contributed by atoms with E-state index >= 15 is 0 Å². The van der Waals surface area contributed by atoms with Gasteiger partial charge in [-0.2, -0.15) is 0 Å². The molecule has 0 saturated carbocycles. The van der Waals surface area contributed by atoms with Crippen molar-refractivity contribution in [1.82, 2.24) is 5.32 Å². The van der Waals surface area contributed by atoms with Crippen molar-refractivity contribution in [2.45, 2.75) is 32.2 Å². The van der Waals surface area contributed by atoms with Crippen molar-refractivity contribution in [3.05, 3.63) is 35.8 Å². The number of halogens is 1. The predicted molar refractivity (Wildman–Crippen MR) is 78.3 cm³/mol. The molecule has 1 N–H and O–H groups in total. The van der Waals surface area contributed by atoms with E-state index in [2.05, 4.69) is 12.2 Å². The van der Waals surface area contributed by atoms with Gasteiger partial charge in [0.15, 0.2) is 0 Å². The lowest BCUT2D eigenvalue weighted by Gasteiger charge is -2.15. The molecule has 0 bridgehead atoms. The van der Waals surface area contributed by atoms with Gasteiger partial charge in [0.25, 0.3) is 0 Å². The Morgan fingerprint density at radius 3 is 2.95 bits per heavy atom. The third-order valence-corrected chi connectivity index (χ3v) is 3.32. The molecule has 0 aliphatic heterocycles. The lowest BCUT2D eigenvalue weighted by atomic mass is 10.1. The summed E-state index contributed by atoms with van der Waals surface area (Å²) < 4.78 is 24.2. The van der Waals surface area contributed by atoms with E-state index < -0.39 is 0 Å². The monoisotopic (exact) mass is 279 g/mol. The standard InChI is InChI=1S/C16H22FNO2/c1-3-8-18-14(5-4-9-19-2)16-11-12-10-13(17)6-7-15(12)20-16/h6-7,10-11,14,18H,3-5,8-9H2,1-2H3. The van der Waals surface area contributed by atoms with Gasteiger partial charge in [0, 0.05) is 19.1 Å². The zero-order valence-corrected chi connectivity index (χ0v) is 12.1. The molecule has 110 valence electrons. The molecule has 0 aliphatic carbocycles. The molecule has 2 aromatic rings. The van der Waals surface area contributed by atoms with Crippen LogP contribution in [0, 0.1) is 5.82 Å². The summed E-state index contributed by atoms with van der Waals surface area (Å²) in [5, 5.41) is 4.29. The quantitative estimate of drug-likeness (QED) is 0.741. The largest absolute Gasteiger partial charge is 0.459 e. The fraction of sp³-hybridized carbons (Fsp3) is 0.500. The van der Waals surface area contributed by atoms with E-state index in [1.54, 1.807) is 13.2 Å². The maximum atomic E-state index is 13.2. The smallest absolute Gasteiger partial charge is 0.134 e. The zero-order chi connectivity index (χ0) is 14.4. The van der Waals surface area contributed by atoms with Crippen molar-refractivity contribution in [2.24, 2.45) is 0 Å². The number of fused-ring (bicyclic) bond motifs is 1. The summed E-state index contributed by atoms with van der Waals surface area (Å²) in [6, 6.07) is 6.70. The molecule has 1 atom stereocenters. The van der Waals surface area contributed by atoms with E-state index in [4.69, 9.17) is 9.15 Å². The number of methoxy groups -OCH3 is 1. The number of hydrogen-bond acceptors (Lipinski definition) is 3. The summed E-state index contributed by atoms with van der Waals surface area (Å²) in [6.45, 7) is 3.80. The Labute approximate surface area is 119 Å². The van der Waals surface area contributed by atoms with Crippen molar-refractivity contribution in [2.75, 3.05) is 20.3 Å². The second kappa shape index (κ2) is 7.41. The highest BCUT2D eigenvalue weighted by atomic mass is 19.1. The molecule has 0 aliphatic rings. The van der Waals surface area contributed by atoms with E-state index in [0.717, 1.165) is 49.1 Å². The topological polar surface area (TPSA) is 34.4 Å². The lowest BCUT2D eigenvalue weighted by molar-refractivity contribution is 0.187. The Balaban J connectivity index is 2.15. The van der Waals surface area contributed by atoms with Gasteiger partial charge in [-0.25, -0.2) is 4.39 Å². The molecule has 0 fully saturated rings. The molecule has 0 saturated heterocycles. The summed E-state index contributed by atoms with van der Waals surface area (Å²) >= 11 is 0. The second-order valence-electron chi connectivity index (χ2n) is 4.97. The van der Waals surface area contributed by atoms with Crippen LogP contribution >= 0.6 is 0 Å². The van der Waals surface area contributed by atoms with E-state index in [0.29, 0.717) is 0 Å². The molecule has 0 amide bonds. The first-order valence-corrected chi connectivity index (χ1v) is 7.16. The van der Waals surface area contributed by atoms with Crippen molar-refractivity contribution in [3.8, 4) is 0 Å². The van der Waals surface area contributed by atoms with Crippen LogP contribution < -0.4 is 5.32 Å². The molecule has 20 heavy (non-hydrogen) atoms. The molecule has 1 heterocycles. The minimum absolute atomic E-state index is 0.153. The number of furan rings is 1. The molecule has 2 rings (SSSR count). The van der Waals surface area contributed by atoms with Gasteiger partial charge in [-0.15, -0.1) is 0 Å². The van der Waals surface area contributed by atoms with Crippen LogP contribution in [0.2, 0.25) is 0 Å². The van der Waals surface area contributed by atoms with Crippen molar-refractivity contribution < 1.29 is 13.5 Å². The molecule has 1 unspecified atom stereocenters. The SMILES string of the molecule is CCCNC(CCCOC)c1cc2cc(F)ccc2o1. The van der Waals surface area contributed by atoms with E-state index in [1.165, 1.54) is 12.1 Å². The average Bonchev–Trinajstić information content (AvgIpc) is 2.85. The molecule has 4 heteroatoms. The number of ether oxygens (including phenoxy) is 1. The predicted octanol–water partition coefficient (Wildman–Crippen LogP) is 4.04. The van der Waals surface area contributed by atoms with Gasteiger partial charge >= 0.3 is 0 Å². The van der Waals surface area contributed by atoms with Crippen molar-refractivity contribution >= 4 is 11.0 Å². The lowest BCUT2D eigenvalue weighted by Crippen LogP contribution is -2.22. The number of rotatable bonds is 8. The molecular formula is C16H22FNO2. The normalized spacial score (nSPS) is 12.9. The Bertz CT molecular complexity index is 538. The fourth-order valence-electron chi connectivity index (χ4n) is 2.30. The van der Waals surface area contributed by atoms with Crippen molar-refractivity contribution in [1.29, 1.82) is 0 Å². The van der Waals surface area contributed by atoms with Gasteiger partial charge < -0.3 is 14.5 Å². The maximum Gasteiger partial charge on any atom is 0.134 e. The van der Waals surface area contributed by atoms with E-state index in [-0.39, 0.29) is 11.9 Å². The molecule has 1 aromatic heterocycles. The first kappa shape index (κ1) is 15.0. The third-order valence-electron chi connectivity index (χ3n) is 3.32. The Morgan fingerprint density at radius 2 is 2.20 bits per heavy atom. The Hall–Kier alpha value is -1.39. The summed E-state index contributed by atoms with van der Waals surface area (Å²) in [7, 11) is 1.71. The van der Waals surface area contributed by atoms with Gasteiger partial charge in [0.2, 0.25) is 0 Å². The van der Waals surface area contributed by atoms with Crippen molar-refractivity contribution in [3.63, 3.8) is 0 Å². The second-order valence-corrected chi connectivity index (χ2v) is 4.97. The minimum atomic E-state index is -0.234. The van der Waals surface area contributed by atoms with Gasteiger partial charge in [0.05, 0.1) is 6.04 Å². The fourth-order valence-corrected chi connectivity index (χ4v) is 2.30. The number of nitrogens with one attached hydrogen (secondary N) is 1. The molecule has 0 spiro atoms. The Morgan fingerprint density at radius 1 is 1.35 bits per heavy atom. The molecule has 1 aromatic carbocycles. The average molecular weight is 279 g/mol. The highest BCUT2D eigenvalue weighted by molar-refractivity contribution is 5.78.